The molecule has 6 nitrogen and oxygen atoms in total. The zero-order valence-electron chi connectivity index (χ0n) is 12.5. The number of carbonyl (C=O) groups is 1. The fraction of sp³-hybridized carbons (Fsp3) is 0.714. The van der Waals surface area contributed by atoms with Gasteiger partial charge in [0.1, 0.15) is 0 Å². The molecule has 0 aliphatic carbocycles. The molecule has 2 heterocycles. The van der Waals surface area contributed by atoms with Gasteiger partial charge in [0.25, 0.3) is 0 Å². The first-order valence-corrected chi connectivity index (χ1v) is 7.21. The predicted molar refractivity (Wildman–Crippen MR) is 76.4 cm³/mol. The number of morpholine rings is 1. The van der Waals surface area contributed by atoms with Crippen LogP contribution in [0.5, 0.6) is 0 Å². The summed E-state index contributed by atoms with van der Waals surface area (Å²) >= 11 is 0. The van der Waals surface area contributed by atoms with Crippen LogP contribution in [-0.2, 0) is 9.53 Å². The SMILES string of the molecule is C[C@H](N[C@@H](C)[C@H](C)n1cccn1)C(=O)N1CCOCC1. The van der Waals surface area contributed by atoms with Gasteiger partial charge >= 0.3 is 0 Å². The third kappa shape index (κ3) is 3.58. The highest BCUT2D eigenvalue weighted by molar-refractivity contribution is 5.81. The molecular weight excluding hydrogens is 256 g/mol. The molecule has 0 bridgehead atoms. The molecule has 2 rings (SSSR count). The van der Waals surface area contributed by atoms with Crippen molar-refractivity contribution in [1.82, 2.24) is 20.0 Å². The minimum Gasteiger partial charge on any atom is -0.378 e. The van der Waals surface area contributed by atoms with Gasteiger partial charge in [0.2, 0.25) is 5.91 Å². The number of ether oxygens (including phenoxy) is 1. The Hall–Kier alpha value is -1.40. The molecule has 1 fully saturated rings. The van der Waals surface area contributed by atoms with Crippen molar-refractivity contribution in [2.45, 2.75) is 38.9 Å². The van der Waals surface area contributed by atoms with Crippen LogP contribution in [0.1, 0.15) is 26.8 Å². The van der Waals surface area contributed by atoms with Crippen molar-refractivity contribution in [1.29, 1.82) is 0 Å². The lowest BCUT2D eigenvalue weighted by molar-refractivity contribution is -0.137. The average Bonchev–Trinajstić information content (AvgIpc) is 3.00. The number of rotatable bonds is 5. The number of nitrogens with one attached hydrogen (secondary N) is 1. The second-order valence-electron chi connectivity index (χ2n) is 5.34. The second-order valence-corrected chi connectivity index (χ2v) is 5.34. The molecule has 1 aromatic rings. The Bertz CT molecular complexity index is 415. The highest BCUT2D eigenvalue weighted by Crippen LogP contribution is 2.10. The van der Waals surface area contributed by atoms with Gasteiger partial charge in [-0.1, -0.05) is 0 Å². The van der Waals surface area contributed by atoms with Crippen molar-refractivity contribution in [2.75, 3.05) is 26.3 Å². The molecule has 1 aliphatic rings. The quantitative estimate of drug-likeness (QED) is 0.861. The van der Waals surface area contributed by atoms with Gasteiger partial charge in [-0.2, -0.15) is 5.10 Å². The maximum Gasteiger partial charge on any atom is 0.239 e. The molecule has 1 amide bonds. The van der Waals surface area contributed by atoms with E-state index in [0.717, 1.165) is 0 Å². The summed E-state index contributed by atoms with van der Waals surface area (Å²) in [5.74, 6) is 0.146. The molecule has 3 atom stereocenters. The first kappa shape index (κ1) is 15.0. The lowest BCUT2D eigenvalue weighted by Gasteiger charge is -2.31. The van der Waals surface area contributed by atoms with Crippen LogP contribution in [-0.4, -0.2) is 59.0 Å². The molecule has 1 saturated heterocycles. The number of amides is 1. The molecule has 20 heavy (non-hydrogen) atoms. The Labute approximate surface area is 120 Å². The van der Waals surface area contributed by atoms with Crippen molar-refractivity contribution >= 4 is 5.91 Å². The Morgan fingerprint density at radius 1 is 1.30 bits per heavy atom. The van der Waals surface area contributed by atoms with Crippen molar-refractivity contribution in [3.63, 3.8) is 0 Å². The van der Waals surface area contributed by atoms with Gasteiger partial charge < -0.3 is 15.0 Å². The molecule has 0 saturated carbocycles. The summed E-state index contributed by atoms with van der Waals surface area (Å²) in [6.07, 6.45) is 3.71. The van der Waals surface area contributed by atoms with E-state index in [9.17, 15) is 4.79 Å². The smallest absolute Gasteiger partial charge is 0.239 e. The third-order valence-electron chi connectivity index (χ3n) is 3.87. The van der Waals surface area contributed by atoms with Crippen molar-refractivity contribution in [3.8, 4) is 0 Å². The minimum atomic E-state index is -0.193. The summed E-state index contributed by atoms with van der Waals surface area (Å²) < 4.78 is 7.18. The highest BCUT2D eigenvalue weighted by atomic mass is 16.5. The van der Waals surface area contributed by atoms with Crippen LogP contribution in [0.25, 0.3) is 0 Å². The van der Waals surface area contributed by atoms with Crippen LogP contribution < -0.4 is 5.32 Å². The molecule has 1 aromatic heterocycles. The Kier molecular flexibility index (Phi) is 5.14. The number of hydrogen-bond donors (Lipinski definition) is 1. The molecule has 0 spiro atoms. The van der Waals surface area contributed by atoms with E-state index in [-0.39, 0.29) is 24.0 Å². The summed E-state index contributed by atoms with van der Waals surface area (Å²) in [6.45, 7) is 8.74. The van der Waals surface area contributed by atoms with Gasteiger partial charge in [0.15, 0.2) is 0 Å². The molecule has 112 valence electrons. The van der Waals surface area contributed by atoms with Crippen LogP contribution >= 0.6 is 0 Å². The van der Waals surface area contributed by atoms with E-state index >= 15 is 0 Å². The van der Waals surface area contributed by atoms with Gasteiger partial charge in [-0.25, -0.2) is 0 Å². The van der Waals surface area contributed by atoms with Crippen molar-refractivity contribution < 1.29 is 9.53 Å². The molecule has 6 heteroatoms. The summed E-state index contributed by atoms with van der Waals surface area (Å²) in [5, 5.41) is 7.62. The van der Waals surface area contributed by atoms with E-state index in [1.165, 1.54) is 0 Å². The summed E-state index contributed by atoms with van der Waals surface area (Å²) in [4.78, 5) is 14.2. The summed E-state index contributed by atoms with van der Waals surface area (Å²) in [6, 6.07) is 2.08. The summed E-state index contributed by atoms with van der Waals surface area (Å²) in [7, 11) is 0. The second kappa shape index (κ2) is 6.85. The van der Waals surface area contributed by atoms with Crippen molar-refractivity contribution in [3.05, 3.63) is 18.5 Å². The first-order valence-electron chi connectivity index (χ1n) is 7.21. The Balaban J connectivity index is 1.86. The monoisotopic (exact) mass is 280 g/mol. The van der Waals surface area contributed by atoms with Crippen LogP contribution in [0.2, 0.25) is 0 Å². The topological polar surface area (TPSA) is 59.4 Å². The highest BCUT2D eigenvalue weighted by Gasteiger charge is 2.25. The molecule has 0 radical (unpaired) electrons. The first-order chi connectivity index (χ1) is 9.59. The maximum absolute atomic E-state index is 12.3. The third-order valence-corrected chi connectivity index (χ3v) is 3.87. The fourth-order valence-electron chi connectivity index (χ4n) is 2.41. The van der Waals surface area contributed by atoms with Crippen LogP contribution in [0.15, 0.2) is 18.5 Å². The van der Waals surface area contributed by atoms with Crippen LogP contribution in [0, 0.1) is 0 Å². The van der Waals surface area contributed by atoms with E-state index in [1.807, 2.05) is 28.8 Å². The number of carbonyl (C=O) groups excluding carboxylic acids is 1. The maximum atomic E-state index is 12.3. The number of aromatic nitrogens is 2. The lowest BCUT2D eigenvalue weighted by Crippen LogP contribution is -2.52. The van der Waals surface area contributed by atoms with Gasteiger partial charge in [-0.3, -0.25) is 9.48 Å². The summed E-state index contributed by atoms with van der Waals surface area (Å²) in [5.41, 5.74) is 0. The Morgan fingerprint density at radius 3 is 2.60 bits per heavy atom. The average molecular weight is 280 g/mol. The Morgan fingerprint density at radius 2 is 2.00 bits per heavy atom. The largest absolute Gasteiger partial charge is 0.378 e. The standard InChI is InChI=1S/C14H24N4O2/c1-11(13(3)18-6-4-5-15-18)16-12(2)14(19)17-7-9-20-10-8-17/h4-6,11-13,16H,7-10H2,1-3H3/t11-,12-,13-/m0/s1. The molecule has 1 aliphatic heterocycles. The lowest BCUT2D eigenvalue weighted by atomic mass is 10.1. The van der Waals surface area contributed by atoms with Crippen LogP contribution in [0.4, 0.5) is 0 Å². The minimum absolute atomic E-state index is 0.146. The number of nitrogens with zero attached hydrogens (tertiary/aromatic N) is 3. The number of hydrogen-bond acceptors (Lipinski definition) is 4. The van der Waals surface area contributed by atoms with Gasteiger partial charge in [-0.05, 0) is 26.8 Å². The predicted octanol–water partition coefficient (Wildman–Crippen LogP) is 0.670. The normalized spacial score (nSPS) is 20.4. The zero-order valence-corrected chi connectivity index (χ0v) is 12.5. The van der Waals surface area contributed by atoms with E-state index < -0.39 is 0 Å². The van der Waals surface area contributed by atoms with Crippen LogP contribution in [0.3, 0.4) is 0 Å². The van der Waals surface area contributed by atoms with Gasteiger partial charge in [0.05, 0.1) is 25.3 Å². The van der Waals surface area contributed by atoms with E-state index in [4.69, 9.17) is 4.74 Å². The van der Waals surface area contributed by atoms with Gasteiger partial charge in [0, 0.05) is 31.5 Å². The molecule has 0 aromatic carbocycles. The van der Waals surface area contributed by atoms with E-state index in [0.29, 0.717) is 26.3 Å². The fourth-order valence-corrected chi connectivity index (χ4v) is 2.41. The van der Waals surface area contributed by atoms with Crippen molar-refractivity contribution in [2.24, 2.45) is 0 Å². The molecular formula is C14H24N4O2. The van der Waals surface area contributed by atoms with E-state index in [1.54, 1.807) is 6.20 Å². The molecule has 0 unspecified atom stereocenters. The van der Waals surface area contributed by atoms with E-state index in [2.05, 4.69) is 24.3 Å². The van der Waals surface area contributed by atoms with Gasteiger partial charge in [-0.15, -0.1) is 0 Å². The molecule has 1 N–H and O–H groups in total. The zero-order chi connectivity index (χ0) is 14.5.